The monoisotopic (exact) mass is 259 g/mol. The van der Waals surface area contributed by atoms with Crippen molar-refractivity contribution in [1.82, 2.24) is 15.1 Å². The molecule has 0 aliphatic carbocycles. The van der Waals surface area contributed by atoms with Crippen molar-refractivity contribution in [3.63, 3.8) is 0 Å². The van der Waals surface area contributed by atoms with E-state index in [2.05, 4.69) is 10.4 Å². The Labute approximate surface area is 112 Å². The quantitative estimate of drug-likeness (QED) is 0.912. The number of ether oxygens (including phenoxy) is 1. The molecule has 1 N–H and O–H groups in total. The summed E-state index contributed by atoms with van der Waals surface area (Å²) in [5.74, 6) is 0.590. The standard InChI is InChI=1S/C14H17N3O2/c1-10(11-5-4-6-12(9-11)19-3)15-14(18)13-7-8-17(2)16-13/h4-10H,1-3H3,(H,15,18)/t10-/m0/s1. The van der Waals surface area contributed by atoms with Gasteiger partial charge in [0.1, 0.15) is 11.4 Å². The molecule has 5 heteroatoms. The largest absolute Gasteiger partial charge is 0.497 e. The van der Waals surface area contributed by atoms with Crippen molar-refractivity contribution in [3.05, 3.63) is 47.8 Å². The van der Waals surface area contributed by atoms with Crippen LogP contribution in [0.5, 0.6) is 5.75 Å². The van der Waals surface area contributed by atoms with Crippen molar-refractivity contribution in [2.45, 2.75) is 13.0 Å². The van der Waals surface area contributed by atoms with Crippen LogP contribution in [-0.2, 0) is 7.05 Å². The van der Waals surface area contributed by atoms with E-state index in [0.29, 0.717) is 5.69 Å². The van der Waals surface area contributed by atoms with Gasteiger partial charge in [-0.3, -0.25) is 9.48 Å². The highest BCUT2D eigenvalue weighted by Gasteiger charge is 2.13. The zero-order valence-electron chi connectivity index (χ0n) is 11.3. The number of amides is 1. The van der Waals surface area contributed by atoms with Gasteiger partial charge in [0.05, 0.1) is 13.2 Å². The predicted octanol–water partition coefficient (Wildman–Crippen LogP) is 1.92. The molecule has 1 aromatic carbocycles. The summed E-state index contributed by atoms with van der Waals surface area (Å²) in [5, 5.41) is 6.98. The van der Waals surface area contributed by atoms with E-state index in [1.165, 1.54) is 0 Å². The summed E-state index contributed by atoms with van der Waals surface area (Å²) in [6.07, 6.45) is 1.74. The molecule has 19 heavy (non-hydrogen) atoms. The summed E-state index contributed by atoms with van der Waals surface area (Å²) in [5.41, 5.74) is 1.40. The Kier molecular flexibility index (Phi) is 3.85. The molecule has 0 aliphatic heterocycles. The summed E-state index contributed by atoms with van der Waals surface area (Å²) < 4.78 is 6.77. The third kappa shape index (κ3) is 3.13. The van der Waals surface area contributed by atoms with Crippen molar-refractivity contribution >= 4 is 5.91 Å². The van der Waals surface area contributed by atoms with E-state index in [1.54, 1.807) is 31.1 Å². The second-order valence-electron chi connectivity index (χ2n) is 4.35. The first kappa shape index (κ1) is 13.1. The summed E-state index contributed by atoms with van der Waals surface area (Å²) in [6.45, 7) is 1.93. The SMILES string of the molecule is COc1cccc([C@H](C)NC(=O)c2ccn(C)n2)c1. The molecule has 0 saturated carbocycles. The van der Waals surface area contributed by atoms with Crippen molar-refractivity contribution in [2.75, 3.05) is 7.11 Å². The number of carbonyl (C=O) groups excluding carboxylic acids is 1. The zero-order valence-corrected chi connectivity index (χ0v) is 11.3. The Balaban J connectivity index is 2.08. The van der Waals surface area contributed by atoms with Crippen LogP contribution in [-0.4, -0.2) is 22.8 Å². The lowest BCUT2D eigenvalue weighted by Crippen LogP contribution is -2.27. The van der Waals surface area contributed by atoms with Gasteiger partial charge in [-0.15, -0.1) is 0 Å². The summed E-state index contributed by atoms with van der Waals surface area (Å²) in [4.78, 5) is 12.0. The number of aryl methyl sites for hydroxylation is 1. The molecule has 0 unspecified atom stereocenters. The van der Waals surface area contributed by atoms with Gasteiger partial charge in [-0.2, -0.15) is 5.10 Å². The Hall–Kier alpha value is -2.30. The molecule has 100 valence electrons. The first-order chi connectivity index (χ1) is 9.10. The molecular weight excluding hydrogens is 242 g/mol. The molecule has 1 aromatic heterocycles. The van der Waals surface area contributed by atoms with Gasteiger partial charge in [0.2, 0.25) is 0 Å². The molecule has 1 amide bonds. The maximum Gasteiger partial charge on any atom is 0.272 e. The van der Waals surface area contributed by atoms with Crippen LogP contribution in [0.1, 0.15) is 29.0 Å². The average Bonchev–Trinajstić information content (AvgIpc) is 2.85. The Morgan fingerprint density at radius 1 is 1.42 bits per heavy atom. The number of benzene rings is 1. The molecule has 0 fully saturated rings. The highest BCUT2D eigenvalue weighted by molar-refractivity contribution is 5.92. The van der Waals surface area contributed by atoms with Gasteiger partial charge < -0.3 is 10.1 Å². The molecule has 5 nitrogen and oxygen atoms in total. The highest BCUT2D eigenvalue weighted by Crippen LogP contribution is 2.18. The molecule has 0 bridgehead atoms. The zero-order chi connectivity index (χ0) is 13.8. The maximum absolute atomic E-state index is 12.0. The second kappa shape index (κ2) is 5.56. The van der Waals surface area contributed by atoms with Crippen LogP contribution in [0.15, 0.2) is 36.5 Å². The summed E-state index contributed by atoms with van der Waals surface area (Å²) >= 11 is 0. The van der Waals surface area contributed by atoms with E-state index >= 15 is 0 Å². The van der Waals surface area contributed by atoms with Crippen LogP contribution in [0.25, 0.3) is 0 Å². The van der Waals surface area contributed by atoms with Crippen molar-refractivity contribution in [2.24, 2.45) is 7.05 Å². The Bertz CT molecular complexity index is 578. The van der Waals surface area contributed by atoms with E-state index < -0.39 is 0 Å². The molecule has 0 radical (unpaired) electrons. The number of hydrogen-bond acceptors (Lipinski definition) is 3. The maximum atomic E-state index is 12.0. The fraction of sp³-hybridized carbons (Fsp3) is 0.286. The number of methoxy groups -OCH3 is 1. The number of rotatable bonds is 4. The van der Waals surface area contributed by atoms with Gasteiger partial charge in [0.15, 0.2) is 0 Å². The van der Waals surface area contributed by atoms with Crippen LogP contribution in [0.2, 0.25) is 0 Å². The van der Waals surface area contributed by atoms with Crippen LogP contribution >= 0.6 is 0 Å². The number of nitrogens with zero attached hydrogens (tertiary/aromatic N) is 2. The predicted molar refractivity (Wildman–Crippen MR) is 72.1 cm³/mol. The van der Waals surface area contributed by atoms with E-state index in [9.17, 15) is 4.79 Å². The first-order valence-electron chi connectivity index (χ1n) is 6.04. The normalized spacial score (nSPS) is 11.9. The lowest BCUT2D eigenvalue weighted by Gasteiger charge is -2.14. The molecule has 2 aromatic rings. The smallest absolute Gasteiger partial charge is 0.272 e. The van der Waals surface area contributed by atoms with Gasteiger partial charge in [-0.05, 0) is 30.7 Å². The molecule has 1 heterocycles. The summed E-state index contributed by atoms with van der Waals surface area (Å²) in [7, 11) is 3.40. The third-order valence-electron chi connectivity index (χ3n) is 2.89. The van der Waals surface area contributed by atoms with Crippen LogP contribution in [0.4, 0.5) is 0 Å². The van der Waals surface area contributed by atoms with Crippen LogP contribution < -0.4 is 10.1 Å². The number of carbonyl (C=O) groups is 1. The molecule has 0 aliphatic rings. The van der Waals surface area contributed by atoms with E-state index in [4.69, 9.17) is 4.74 Å². The minimum absolute atomic E-state index is 0.107. The van der Waals surface area contributed by atoms with Gasteiger partial charge in [-0.1, -0.05) is 12.1 Å². The van der Waals surface area contributed by atoms with Crippen LogP contribution in [0.3, 0.4) is 0 Å². The minimum atomic E-state index is -0.184. The fourth-order valence-corrected chi connectivity index (χ4v) is 1.80. The van der Waals surface area contributed by atoms with Crippen molar-refractivity contribution in [3.8, 4) is 5.75 Å². The van der Waals surface area contributed by atoms with E-state index in [1.807, 2.05) is 31.2 Å². The minimum Gasteiger partial charge on any atom is -0.497 e. The Morgan fingerprint density at radius 3 is 2.84 bits per heavy atom. The Morgan fingerprint density at radius 2 is 2.21 bits per heavy atom. The van der Waals surface area contributed by atoms with E-state index in [-0.39, 0.29) is 11.9 Å². The first-order valence-corrected chi connectivity index (χ1v) is 6.04. The molecule has 0 spiro atoms. The molecule has 1 atom stereocenters. The lowest BCUT2D eigenvalue weighted by molar-refractivity contribution is 0.0934. The number of nitrogens with one attached hydrogen (secondary N) is 1. The second-order valence-corrected chi connectivity index (χ2v) is 4.35. The third-order valence-corrected chi connectivity index (χ3v) is 2.89. The van der Waals surface area contributed by atoms with Gasteiger partial charge in [0.25, 0.3) is 5.91 Å². The van der Waals surface area contributed by atoms with E-state index in [0.717, 1.165) is 11.3 Å². The fourth-order valence-electron chi connectivity index (χ4n) is 1.80. The van der Waals surface area contributed by atoms with Crippen molar-refractivity contribution in [1.29, 1.82) is 0 Å². The lowest BCUT2D eigenvalue weighted by atomic mass is 10.1. The summed E-state index contributed by atoms with van der Waals surface area (Å²) in [6, 6.07) is 9.21. The van der Waals surface area contributed by atoms with Gasteiger partial charge >= 0.3 is 0 Å². The highest BCUT2D eigenvalue weighted by atomic mass is 16.5. The number of hydrogen-bond donors (Lipinski definition) is 1. The topological polar surface area (TPSA) is 56.1 Å². The molecular formula is C14H17N3O2. The van der Waals surface area contributed by atoms with Crippen molar-refractivity contribution < 1.29 is 9.53 Å². The van der Waals surface area contributed by atoms with Crippen LogP contribution in [0, 0.1) is 0 Å². The number of aromatic nitrogens is 2. The average molecular weight is 259 g/mol. The van der Waals surface area contributed by atoms with Gasteiger partial charge in [-0.25, -0.2) is 0 Å². The van der Waals surface area contributed by atoms with Gasteiger partial charge in [0, 0.05) is 13.2 Å². The molecule has 2 rings (SSSR count). The molecule has 0 saturated heterocycles.